The summed E-state index contributed by atoms with van der Waals surface area (Å²) in [5.41, 5.74) is 0. The molecule has 0 spiro atoms. The summed E-state index contributed by atoms with van der Waals surface area (Å²) in [6.45, 7) is 5.64. The molecule has 0 radical (unpaired) electrons. The van der Waals surface area contributed by atoms with Crippen LogP contribution in [0, 0.1) is 11.8 Å². The number of unbranched alkanes of at least 4 members (excludes halogenated alkanes) is 34. The molecule has 4 nitrogen and oxygen atoms in total. The molecular formula is C48H92O4. The Balaban J connectivity index is 1.86. The second-order valence-electron chi connectivity index (χ2n) is 16.9. The number of rotatable bonds is 40. The SMILES string of the molecule is CCCCCCCCCCCCCCCCCCCCOC(=O)C1CCCC(C(=O)OCCCCCCCCCCCCCCCCCCCC)C1. The standard InChI is InChI=1S/C48H92O4/c1-3-5-7-9-11-13-15-17-19-21-23-25-27-29-31-33-35-37-42-51-47(49)45-40-39-41-46(44-45)48(50)52-43-38-36-34-32-30-28-26-24-22-20-18-16-14-12-10-8-6-4-2/h45-46H,3-44H2,1-2H3. The minimum atomic E-state index is -0.132. The van der Waals surface area contributed by atoms with E-state index in [1.165, 1.54) is 205 Å². The van der Waals surface area contributed by atoms with Crippen molar-refractivity contribution in [2.45, 2.75) is 271 Å². The molecule has 2 unspecified atom stereocenters. The minimum absolute atomic E-state index is 0.0898. The van der Waals surface area contributed by atoms with Crippen molar-refractivity contribution >= 4 is 11.9 Å². The van der Waals surface area contributed by atoms with Crippen LogP contribution in [0.15, 0.2) is 0 Å². The molecule has 0 N–H and O–H groups in total. The van der Waals surface area contributed by atoms with E-state index < -0.39 is 0 Å². The highest BCUT2D eigenvalue weighted by atomic mass is 16.5. The topological polar surface area (TPSA) is 52.6 Å². The van der Waals surface area contributed by atoms with E-state index in [1.807, 2.05) is 0 Å². The molecule has 1 fully saturated rings. The van der Waals surface area contributed by atoms with Crippen LogP contribution in [0.25, 0.3) is 0 Å². The normalized spacial score (nSPS) is 16.0. The second kappa shape index (κ2) is 39.6. The van der Waals surface area contributed by atoms with E-state index in [4.69, 9.17) is 9.47 Å². The molecule has 0 amide bonds. The monoisotopic (exact) mass is 733 g/mol. The fourth-order valence-corrected chi connectivity index (χ4v) is 8.21. The number of carbonyl (C=O) groups is 2. The smallest absolute Gasteiger partial charge is 0.308 e. The Morgan fingerprint density at radius 2 is 0.558 bits per heavy atom. The molecule has 4 heteroatoms. The second-order valence-corrected chi connectivity index (χ2v) is 16.9. The van der Waals surface area contributed by atoms with Gasteiger partial charge in [-0.25, -0.2) is 0 Å². The van der Waals surface area contributed by atoms with Gasteiger partial charge in [0.1, 0.15) is 0 Å². The summed E-state index contributed by atoms with van der Waals surface area (Å²) < 4.78 is 11.3. The number of esters is 2. The van der Waals surface area contributed by atoms with Gasteiger partial charge in [-0.3, -0.25) is 9.59 Å². The fraction of sp³-hybridized carbons (Fsp3) is 0.958. The summed E-state index contributed by atoms with van der Waals surface area (Å²) >= 11 is 0. The van der Waals surface area contributed by atoms with E-state index >= 15 is 0 Å². The van der Waals surface area contributed by atoms with Crippen molar-refractivity contribution in [2.24, 2.45) is 11.8 Å². The lowest BCUT2D eigenvalue weighted by molar-refractivity contribution is -0.155. The predicted octanol–water partition coefficient (Wildman–Crippen LogP) is 16.0. The van der Waals surface area contributed by atoms with Crippen LogP contribution in [0.5, 0.6) is 0 Å². The molecule has 0 aromatic rings. The van der Waals surface area contributed by atoms with Gasteiger partial charge in [0.05, 0.1) is 25.0 Å². The molecule has 2 atom stereocenters. The van der Waals surface area contributed by atoms with Crippen molar-refractivity contribution in [3.63, 3.8) is 0 Å². The van der Waals surface area contributed by atoms with E-state index in [9.17, 15) is 9.59 Å². The molecule has 0 heterocycles. The van der Waals surface area contributed by atoms with Gasteiger partial charge in [-0.15, -0.1) is 0 Å². The van der Waals surface area contributed by atoms with Crippen molar-refractivity contribution in [1.29, 1.82) is 0 Å². The Bertz CT molecular complexity index is 691. The first-order valence-corrected chi connectivity index (χ1v) is 24.0. The van der Waals surface area contributed by atoms with E-state index in [2.05, 4.69) is 13.8 Å². The maximum Gasteiger partial charge on any atom is 0.308 e. The number of carbonyl (C=O) groups excluding carboxylic acids is 2. The summed E-state index contributed by atoms with van der Waals surface area (Å²) in [5, 5.41) is 0. The van der Waals surface area contributed by atoms with Gasteiger partial charge in [0.2, 0.25) is 0 Å². The van der Waals surface area contributed by atoms with Gasteiger partial charge in [-0.2, -0.15) is 0 Å². The molecular weight excluding hydrogens is 641 g/mol. The summed E-state index contributed by atoms with van der Waals surface area (Å²) in [4.78, 5) is 25.4. The van der Waals surface area contributed by atoms with Gasteiger partial charge >= 0.3 is 11.9 Å². The van der Waals surface area contributed by atoms with Gasteiger partial charge < -0.3 is 9.47 Å². The van der Waals surface area contributed by atoms with Gasteiger partial charge in [0.25, 0.3) is 0 Å². The fourth-order valence-electron chi connectivity index (χ4n) is 8.21. The van der Waals surface area contributed by atoms with Crippen LogP contribution >= 0.6 is 0 Å². The zero-order chi connectivity index (χ0) is 37.4. The quantitative estimate of drug-likeness (QED) is 0.0465. The highest BCUT2D eigenvalue weighted by molar-refractivity contribution is 5.76. The Kier molecular flexibility index (Phi) is 37.3. The zero-order valence-corrected chi connectivity index (χ0v) is 35.5. The minimum Gasteiger partial charge on any atom is -0.465 e. The van der Waals surface area contributed by atoms with Crippen LogP contribution in [-0.4, -0.2) is 25.2 Å². The molecule has 0 aromatic carbocycles. The van der Waals surface area contributed by atoms with Crippen LogP contribution in [0.3, 0.4) is 0 Å². The Hall–Kier alpha value is -1.06. The largest absolute Gasteiger partial charge is 0.465 e. The highest BCUT2D eigenvalue weighted by Gasteiger charge is 2.32. The van der Waals surface area contributed by atoms with Crippen molar-refractivity contribution in [3.05, 3.63) is 0 Å². The molecule has 1 aliphatic rings. The van der Waals surface area contributed by atoms with Gasteiger partial charge in [-0.05, 0) is 32.1 Å². The van der Waals surface area contributed by atoms with Crippen molar-refractivity contribution in [2.75, 3.05) is 13.2 Å². The Morgan fingerprint density at radius 3 is 0.788 bits per heavy atom. The van der Waals surface area contributed by atoms with Crippen LogP contribution < -0.4 is 0 Å². The first-order valence-electron chi connectivity index (χ1n) is 24.0. The third-order valence-electron chi connectivity index (χ3n) is 11.8. The molecule has 0 bridgehead atoms. The summed E-state index contributed by atoms with van der Waals surface area (Å²) in [5.74, 6) is -0.445. The van der Waals surface area contributed by atoms with Gasteiger partial charge in [-0.1, -0.05) is 239 Å². The molecule has 0 saturated heterocycles. The maximum absolute atomic E-state index is 12.7. The summed E-state index contributed by atoms with van der Waals surface area (Å²) in [6, 6.07) is 0. The van der Waals surface area contributed by atoms with Crippen LogP contribution in [-0.2, 0) is 19.1 Å². The molecule has 1 saturated carbocycles. The maximum atomic E-state index is 12.7. The Morgan fingerprint density at radius 1 is 0.346 bits per heavy atom. The molecule has 308 valence electrons. The lowest BCUT2D eigenvalue weighted by atomic mass is 9.81. The third kappa shape index (κ3) is 32.4. The average molecular weight is 733 g/mol. The van der Waals surface area contributed by atoms with Crippen LogP contribution in [0.2, 0.25) is 0 Å². The van der Waals surface area contributed by atoms with E-state index in [-0.39, 0.29) is 23.8 Å². The lowest BCUT2D eigenvalue weighted by Gasteiger charge is -2.26. The van der Waals surface area contributed by atoms with Crippen molar-refractivity contribution < 1.29 is 19.1 Å². The number of ether oxygens (including phenoxy) is 2. The number of hydrogen-bond acceptors (Lipinski definition) is 4. The zero-order valence-electron chi connectivity index (χ0n) is 35.5. The van der Waals surface area contributed by atoms with E-state index in [0.717, 1.165) is 44.9 Å². The number of hydrogen-bond donors (Lipinski definition) is 0. The summed E-state index contributed by atoms with van der Waals surface area (Å²) in [7, 11) is 0. The third-order valence-corrected chi connectivity index (χ3v) is 11.8. The van der Waals surface area contributed by atoms with Gasteiger partial charge in [0.15, 0.2) is 0 Å². The summed E-state index contributed by atoms with van der Waals surface area (Å²) in [6.07, 6.45) is 52.1. The molecule has 52 heavy (non-hydrogen) atoms. The van der Waals surface area contributed by atoms with Crippen LogP contribution in [0.4, 0.5) is 0 Å². The molecule has 1 rings (SSSR count). The van der Waals surface area contributed by atoms with Crippen molar-refractivity contribution in [3.8, 4) is 0 Å². The first kappa shape index (κ1) is 49.0. The van der Waals surface area contributed by atoms with E-state index in [0.29, 0.717) is 19.6 Å². The predicted molar refractivity (Wildman–Crippen MR) is 225 cm³/mol. The van der Waals surface area contributed by atoms with Gasteiger partial charge in [0, 0.05) is 0 Å². The first-order chi connectivity index (χ1) is 25.7. The van der Waals surface area contributed by atoms with Crippen molar-refractivity contribution in [1.82, 2.24) is 0 Å². The molecule has 0 aliphatic heterocycles. The van der Waals surface area contributed by atoms with E-state index in [1.54, 1.807) is 0 Å². The Labute approximate surface area is 325 Å². The molecule has 1 aliphatic carbocycles. The highest BCUT2D eigenvalue weighted by Crippen LogP contribution is 2.31. The average Bonchev–Trinajstić information content (AvgIpc) is 3.16. The van der Waals surface area contributed by atoms with Crippen LogP contribution in [0.1, 0.15) is 271 Å². The molecule has 0 aromatic heterocycles. The lowest BCUT2D eigenvalue weighted by Crippen LogP contribution is -2.30.